The molecule has 0 aliphatic carbocycles. The lowest BCUT2D eigenvalue weighted by molar-refractivity contribution is -0.177. The Morgan fingerprint density at radius 1 is 1.53 bits per heavy atom. The van der Waals surface area contributed by atoms with Gasteiger partial charge >= 0.3 is 0 Å². The van der Waals surface area contributed by atoms with Crippen LogP contribution in [0.15, 0.2) is 5.51 Å². The second-order valence-corrected chi connectivity index (χ2v) is 6.65. The summed E-state index contributed by atoms with van der Waals surface area (Å²) < 4.78 is 5.94. The standard InChI is InChI=1S/C14H22N2O2S/c1-11-12(19-10-15-11)9-16-6-4-14(5-7-16)13(17)3-2-8-18-14/h10,13,17H,2-9H2,1H3/t13-/m1/s1. The van der Waals surface area contributed by atoms with Gasteiger partial charge in [0.05, 0.1) is 22.9 Å². The van der Waals surface area contributed by atoms with Crippen molar-refractivity contribution < 1.29 is 9.84 Å². The van der Waals surface area contributed by atoms with E-state index in [1.165, 1.54) is 4.88 Å². The number of rotatable bonds is 2. The molecule has 1 aromatic rings. The van der Waals surface area contributed by atoms with E-state index in [2.05, 4.69) is 16.8 Å². The van der Waals surface area contributed by atoms with Gasteiger partial charge in [0.25, 0.3) is 0 Å². The van der Waals surface area contributed by atoms with Crippen molar-refractivity contribution in [3.8, 4) is 0 Å². The normalized spacial score (nSPS) is 27.8. The van der Waals surface area contributed by atoms with E-state index in [1.807, 2.05) is 5.51 Å². The third kappa shape index (κ3) is 2.70. The van der Waals surface area contributed by atoms with Crippen LogP contribution in [-0.4, -0.2) is 46.4 Å². The monoisotopic (exact) mass is 282 g/mol. The molecule has 5 heteroatoms. The number of hydrogen-bond donors (Lipinski definition) is 1. The van der Waals surface area contributed by atoms with E-state index >= 15 is 0 Å². The lowest BCUT2D eigenvalue weighted by Gasteiger charge is -2.46. The fourth-order valence-electron chi connectivity index (χ4n) is 3.16. The zero-order valence-corrected chi connectivity index (χ0v) is 12.3. The average Bonchev–Trinajstić information content (AvgIpc) is 2.82. The van der Waals surface area contributed by atoms with Crippen molar-refractivity contribution in [2.24, 2.45) is 0 Å². The highest BCUT2D eigenvalue weighted by atomic mass is 32.1. The predicted octanol–water partition coefficient (Wildman–Crippen LogP) is 1.96. The van der Waals surface area contributed by atoms with Crippen molar-refractivity contribution in [3.05, 3.63) is 16.1 Å². The Morgan fingerprint density at radius 3 is 2.95 bits per heavy atom. The van der Waals surface area contributed by atoms with Crippen LogP contribution < -0.4 is 0 Å². The SMILES string of the molecule is Cc1ncsc1CN1CCC2(CC1)OCCC[C@H]2O. The molecule has 3 heterocycles. The molecule has 1 atom stereocenters. The second kappa shape index (κ2) is 5.48. The summed E-state index contributed by atoms with van der Waals surface area (Å²) in [4.78, 5) is 8.12. The lowest BCUT2D eigenvalue weighted by Crippen LogP contribution is -2.55. The summed E-state index contributed by atoms with van der Waals surface area (Å²) >= 11 is 1.74. The number of aryl methyl sites for hydroxylation is 1. The van der Waals surface area contributed by atoms with Gasteiger partial charge in [-0.1, -0.05) is 0 Å². The average molecular weight is 282 g/mol. The Kier molecular flexibility index (Phi) is 3.89. The molecular formula is C14H22N2O2S. The Bertz CT molecular complexity index is 427. The van der Waals surface area contributed by atoms with Crippen molar-refractivity contribution in [2.45, 2.75) is 50.9 Å². The van der Waals surface area contributed by atoms with Gasteiger partial charge in [-0.25, -0.2) is 4.98 Å². The minimum atomic E-state index is -0.270. The minimum absolute atomic E-state index is 0.252. The summed E-state index contributed by atoms with van der Waals surface area (Å²) in [5.41, 5.74) is 2.82. The van der Waals surface area contributed by atoms with Crippen LogP contribution in [0.3, 0.4) is 0 Å². The van der Waals surface area contributed by atoms with Crippen molar-refractivity contribution in [1.82, 2.24) is 9.88 Å². The van der Waals surface area contributed by atoms with Gasteiger partial charge < -0.3 is 9.84 Å². The highest BCUT2D eigenvalue weighted by molar-refractivity contribution is 7.09. The van der Waals surface area contributed by atoms with Gasteiger partial charge in [-0.3, -0.25) is 4.90 Å². The summed E-state index contributed by atoms with van der Waals surface area (Å²) in [6, 6.07) is 0. The van der Waals surface area contributed by atoms with Crippen LogP contribution in [0.5, 0.6) is 0 Å². The maximum Gasteiger partial charge on any atom is 0.0964 e. The largest absolute Gasteiger partial charge is 0.390 e. The molecule has 2 aliphatic heterocycles. The van der Waals surface area contributed by atoms with Gasteiger partial charge in [0.1, 0.15) is 0 Å². The number of aliphatic hydroxyl groups excluding tert-OH is 1. The number of aliphatic hydroxyl groups is 1. The molecule has 0 unspecified atom stereocenters. The van der Waals surface area contributed by atoms with E-state index in [9.17, 15) is 5.11 Å². The molecule has 2 fully saturated rings. The maximum atomic E-state index is 10.2. The van der Waals surface area contributed by atoms with Crippen LogP contribution in [0.1, 0.15) is 36.3 Å². The first kappa shape index (κ1) is 13.5. The van der Waals surface area contributed by atoms with E-state index in [0.29, 0.717) is 0 Å². The van der Waals surface area contributed by atoms with Crippen molar-refractivity contribution in [3.63, 3.8) is 0 Å². The van der Waals surface area contributed by atoms with Crippen LogP contribution >= 0.6 is 11.3 Å². The highest BCUT2D eigenvalue weighted by Gasteiger charge is 2.43. The van der Waals surface area contributed by atoms with Crippen molar-refractivity contribution in [2.75, 3.05) is 19.7 Å². The van der Waals surface area contributed by atoms with Crippen molar-refractivity contribution in [1.29, 1.82) is 0 Å². The number of ether oxygens (including phenoxy) is 1. The number of thiazole rings is 1. The third-order valence-electron chi connectivity index (χ3n) is 4.53. The molecule has 2 saturated heterocycles. The summed E-state index contributed by atoms with van der Waals surface area (Å²) in [5.74, 6) is 0. The molecule has 0 bridgehead atoms. The van der Waals surface area contributed by atoms with Crippen LogP contribution in [0.4, 0.5) is 0 Å². The van der Waals surface area contributed by atoms with E-state index in [4.69, 9.17) is 4.74 Å². The Labute approximate surface area is 118 Å². The molecule has 106 valence electrons. The maximum absolute atomic E-state index is 10.2. The number of likely N-dealkylation sites (tertiary alicyclic amines) is 1. The molecule has 2 aliphatic rings. The zero-order valence-electron chi connectivity index (χ0n) is 11.5. The molecule has 1 N–H and O–H groups in total. The molecule has 4 nitrogen and oxygen atoms in total. The van der Waals surface area contributed by atoms with Crippen LogP contribution in [0.25, 0.3) is 0 Å². The van der Waals surface area contributed by atoms with E-state index in [0.717, 1.165) is 57.6 Å². The summed E-state index contributed by atoms with van der Waals surface area (Å²) in [7, 11) is 0. The topological polar surface area (TPSA) is 45.6 Å². The molecule has 19 heavy (non-hydrogen) atoms. The smallest absolute Gasteiger partial charge is 0.0964 e. The number of hydrogen-bond acceptors (Lipinski definition) is 5. The molecule has 0 radical (unpaired) electrons. The predicted molar refractivity (Wildman–Crippen MR) is 75.3 cm³/mol. The van der Waals surface area contributed by atoms with Crippen LogP contribution in [-0.2, 0) is 11.3 Å². The zero-order chi connectivity index (χ0) is 13.3. The molecule has 0 saturated carbocycles. The first-order chi connectivity index (χ1) is 9.20. The van der Waals surface area contributed by atoms with E-state index in [-0.39, 0.29) is 11.7 Å². The first-order valence-corrected chi connectivity index (χ1v) is 8.01. The Morgan fingerprint density at radius 2 is 2.32 bits per heavy atom. The molecule has 1 aromatic heterocycles. The third-order valence-corrected chi connectivity index (χ3v) is 5.45. The summed E-state index contributed by atoms with van der Waals surface area (Å²) in [6.45, 7) is 5.89. The van der Waals surface area contributed by atoms with Gasteiger partial charge in [-0.05, 0) is 32.6 Å². The summed E-state index contributed by atoms with van der Waals surface area (Å²) in [5, 5.41) is 10.2. The minimum Gasteiger partial charge on any atom is -0.390 e. The molecule has 1 spiro atoms. The van der Waals surface area contributed by atoms with Crippen LogP contribution in [0.2, 0.25) is 0 Å². The van der Waals surface area contributed by atoms with Gasteiger partial charge in [0.2, 0.25) is 0 Å². The highest BCUT2D eigenvalue weighted by Crippen LogP contribution is 2.35. The fourth-order valence-corrected chi connectivity index (χ4v) is 3.98. The second-order valence-electron chi connectivity index (χ2n) is 5.71. The summed E-state index contributed by atoms with van der Waals surface area (Å²) in [6.07, 6.45) is 3.52. The van der Waals surface area contributed by atoms with Gasteiger partial charge in [0, 0.05) is 31.1 Å². The number of piperidine rings is 1. The Balaban J connectivity index is 1.58. The molecular weight excluding hydrogens is 260 g/mol. The quantitative estimate of drug-likeness (QED) is 0.900. The van der Waals surface area contributed by atoms with Gasteiger partial charge in [0.15, 0.2) is 0 Å². The van der Waals surface area contributed by atoms with Crippen molar-refractivity contribution >= 4 is 11.3 Å². The van der Waals surface area contributed by atoms with E-state index in [1.54, 1.807) is 11.3 Å². The Hall–Kier alpha value is -0.490. The molecule has 0 amide bonds. The number of nitrogens with zero attached hydrogens (tertiary/aromatic N) is 2. The molecule has 0 aromatic carbocycles. The van der Waals surface area contributed by atoms with Gasteiger partial charge in [-0.2, -0.15) is 0 Å². The number of aromatic nitrogens is 1. The van der Waals surface area contributed by atoms with Crippen LogP contribution in [0, 0.1) is 6.92 Å². The first-order valence-electron chi connectivity index (χ1n) is 7.13. The van der Waals surface area contributed by atoms with E-state index < -0.39 is 0 Å². The molecule has 3 rings (SSSR count). The lowest BCUT2D eigenvalue weighted by atomic mass is 9.82. The fraction of sp³-hybridized carbons (Fsp3) is 0.786. The van der Waals surface area contributed by atoms with Gasteiger partial charge in [-0.15, -0.1) is 11.3 Å².